The molecule has 0 bridgehead atoms. The van der Waals surface area contributed by atoms with Crippen LogP contribution >= 0.6 is 0 Å². The Hall–Kier alpha value is -5.52. The molecule has 64 heavy (non-hydrogen) atoms. The number of pyridine rings is 2. The minimum atomic E-state index is -0.278. The molecule has 7 rings (SSSR count). The Morgan fingerprint density at radius 2 is 1.19 bits per heavy atom. The molecule has 1 fully saturated rings. The monoisotopic (exact) mass is 883 g/mol. The second-order valence-electron chi connectivity index (χ2n) is 18.5. The maximum absolute atomic E-state index is 12.5. The highest BCUT2D eigenvalue weighted by atomic mass is 16.7. The van der Waals surface area contributed by atoms with Gasteiger partial charge in [0.15, 0.2) is 17.9 Å². The van der Waals surface area contributed by atoms with E-state index in [4.69, 9.17) is 44.0 Å². The third-order valence-corrected chi connectivity index (χ3v) is 10.4. The summed E-state index contributed by atoms with van der Waals surface area (Å²) < 4.78 is 22.4. The van der Waals surface area contributed by atoms with E-state index in [9.17, 15) is 9.59 Å². The summed E-state index contributed by atoms with van der Waals surface area (Å²) in [4.78, 5) is 56.7. The van der Waals surface area contributed by atoms with Gasteiger partial charge in [-0.1, -0.05) is 0 Å². The Bertz CT molecular complexity index is 2170. The topological polar surface area (TPSA) is 199 Å². The van der Waals surface area contributed by atoms with Crippen molar-refractivity contribution in [1.29, 1.82) is 0 Å². The molecule has 4 aromatic rings. The van der Waals surface area contributed by atoms with Crippen molar-refractivity contribution in [2.24, 2.45) is 0 Å². The lowest BCUT2D eigenvalue weighted by Gasteiger charge is -2.25. The van der Waals surface area contributed by atoms with Crippen LogP contribution in [-0.4, -0.2) is 124 Å². The van der Waals surface area contributed by atoms with Gasteiger partial charge >= 0.3 is 0 Å². The number of fused-ring (bicyclic) bond motifs is 2. The molecule has 0 aromatic carbocycles. The molecule has 2 amide bonds. The van der Waals surface area contributed by atoms with Gasteiger partial charge in [0.1, 0.15) is 47.7 Å². The van der Waals surface area contributed by atoms with Crippen molar-refractivity contribution in [2.75, 3.05) is 70.0 Å². The first-order valence-corrected chi connectivity index (χ1v) is 22.4. The molecule has 1 aliphatic heterocycles. The van der Waals surface area contributed by atoms with Gasteiger partial charge in [0.25, 0.3) is 0 Å². The van der Waals surface area contributed by atoms with Crippen molar-refractivity contribution in [1.82, 2.24) is 40.5 Å². The zero-order valence-electron chi connectivity index (χ0n) is 38.8. The number of hydrogen-bond donors (Lipinski definition) is 3. The average molecular weight is 883 g/mol. The summed E-state index contributed by atoms with van der Waals surface area (Å²) in [6.45, 7) is 14.1. The van der Waals surface area contributed by atoms with Crippen LogP contribution in [0.15, 0.2) is 36.7 Å². The van der Waals surface area contributed by atoms with Gasteiger partial charge in [-0.3, -0.25) is 9.59 Å². The molecular formula is C47H66N10O7. The van der Waals surface area contributed by atoms with Crippen LogP contribution in [0.1, 0.15) is 96.2 Å². The number of ether oxygens (including phenoxy) is 4. The number of aliphatic hydroxyl groups excluding tert-OH is 1. The molecule has 1 saturated heterocycles. The Balaban J connectivity index is 0.000000216. The summed E-state index contributed by atoms with van der Waals surface area (Å²) >= 11 is 0. The SMILES string of the molecule is CN(CC(=O)NC(C)(C)C)c1nc(-c2ccc(OCCO)cn2)nc2c1CCC2.CN(CC(=O)NC(C)(C)C)c1nc(-c2ccc(OCCOC3CCCCO3)cn2)nc2c1CCC2. The van der Waals surface area contributed by atoms with Crippen LogP contribution in [0.2, 0.25) is 0 Å². The van der Waals surface area contributed by atoms with Crippen LogP contribution < -0.4 is 29.9 Å². The van der Waals surface area contributed by atoms with Gasteiger partial charge in [-0.15, -0.1) is 0 Å². The molecule has 17 heteroatoms. The van der Waals surface area contributed by atoms with Crippen LogP contribution in [0.5, 0.6) is 11.5 Å². The summed E-state index contributed by atoms with van der Waals surface area (Å²) in [5, 5.41) is 14.9. The number of aryl methyl sites for hydroxylation is 2. The van der Waals surface area contributed by atoms with E-state index in [1.807, 2.05) is 77.6 Å². The molecule has 2 aliphatic carbocycles. The third kappa shape index (κ3) is 14.0. The zero-order chi connectivity index (χ0) is 45.9. The van der Waals surface area contributed by atoms with Crippen LogP contribution in [0.4, 0.5) is 11.6 Å². The summed E-state index contributed by atoms with van der Waals surface area (Å²) in [6, 6.07) is 7.33. The number of aromatic nitrogens is 6. The van der Waals surface area contributed by atoms with Crippen molar-refractivity contribution in [3.8, 4) is 34.5 Å². The quantitative estimate of drug-likeness (QED) is 0.126. The van der Waals surface area contributed by atoms with Gasteiger partial charge in [-0.2, -0.15) is 0 Å². The second-order valence-corrected chi connectivity index (χ2v) is 18.5. The van der Waals surface area contributed by atoms with Gasteiger partial charge < -0.3 is 44.5 Å². The van der Waals surface area contributed by atoms with E-state index in [0.29, 0.717) is 47.7 Å². The Labute approximate surface area is 377 Å². The van der Waals surface area contributed by atoms with Crippen molar-refractivity contribution in [2.45, 2.75) is 117 Å². The Morgan fingerprint density at radius 1 is 0.688 bits per heavy atom. The Morgan fingerprint density at radius 3 is 1.61 bits per heavy atom. The van der Waals surface area contributed by atoms with Gasteiger partial charge in [0, 0.05) is 54.3 Å². The number of nitrogens with one attached hydrogen (secondary N) is 2. The fourth-order valence-electron chi connectivity index (χ4n) is 7.72. The number of aliphatic hydroxyl groups is 1. The molecule has 346 valence electrons. The molecule has 4 aromatic heterocycles. The average Bonchev–Trinajstić information content (AvgIpc) is 3.94. The molecule has 0 saturated carbocycles. The molecule has 3 aliphatic rings. The maximum Gasteiger partial charge on any atom is 0.239 e. The van der Waals surface area contributed by atoms with Gasteiger partial charge in [-0.05, 0) is 124 Å². The lowest BCUT2D eigenvalue weighted by atomic mass is 10.1. The Kier molecular flexibility index (Phi) is 16.4. The van der Waals surface area contributed by atoms with Gasteiger partial charge in [-0.25, -0.2) is 29.9 Å². The minimum Gasteiger partial charge on any atom is -0.490 e. The first kappa shape index (κ1) is 47.9. The predicted octanol–water partition coefficient (Wildman–Crippen LogP) is 5.05. The van der Waals surface area contributed by atoms with Crippen molar-refractivity contribution >= 4 is 23.5 Å². The number of nitrogens with zero attached hydrogens (tertiary/aromatic N) is 8. The largest absolute Gasteiger partial charge is 0.490 e. The van der Waals surface area contributed by atoms with Gasteiger partial charge in [0.05, 0.1) is 38.7 Å². The second kappa shape index (κ2) is 21.9. The molecule has 0 radical (unpaired) electrons. The molecule has 3 N–H and O–H groups in total. The minimum absolute atomic E-state index is 0.0365. The highest BCUT2D eigenvalue weighted by Crippen LogP contribution is 2.32. The number of carbonyl (C=O) groups is 2. The van der Waals surface area contributed by atoms with E-state index in [-0.39, 0.29) is 55.5 Å². The first-order chi connectivity index (χ1) is 30.5. The normalized spacial score (nSPS) is 15.6. The van der Waals surface area contributed by atoms with Crippen LogP contribution in [-0.2, 0) is 44.7 Å². The lowest BCUT2D eigenvalue weighted by molar-refractivity contribution is -0.165. The fraction of sp³-hybridized carbons (Fsp3) is 0.574. The number of amides is 2. The summed E-state index contributed by atoms with van der Waals surface area (Å²) in [5.41, 5.74) is 5.07. The standard InChI is InChI=1S/C26H37N5O4.C21H29N5O3/c1-26(2,3)30-22(32)17-31(4)25-19-8-7-9-20(19)28-24(29-25)21-12-11-18(16-27-21)33-14-15-35-23-10-5-6-13-34-23;1-21(2,3)25-18(28)13-26(4)20-15-6-5-7-16(15)23-19(24-20)17-9-8-14(12-22-17)29-11-10-27/h11-12,16,23H,5-10,13-15,17H2,1-4H3,(H,30,32);8-9,12,27H,5-7,10-11,13H2,1-4H3,(H,25,28). The van der Waals surface area contributed by atoms with E-state index in [1.165, 1.54) is 0 Å². The molecule has 0 spiro atoms. The van der Waals surface area contributed by atoms with Crippen LogP contribution in [0.25, 0.3) is 23.0 Å². The number of rotatable bonds is 16. The smallest absolute Gasteiger partial charge is 0.239 e. The first-order valence-electron chi connectivity index (χ1n) is 22.4. The van der Waals surface area contributed by atoms with E-state index < -0.39 is 0 Å². The number of carbonyl (C=O) groups excluding carboxylic acids is 2. The third-order valence-electron chi connectivity index (χ3n) is 10.4. The van der Waals surface area contributed by atoms with E-state index in [2.05, 4.69) is 20.6 Å². The number of hydrogen-bond acceptors (Lipinski definition) is 15. The fourth-order valence-corrected chi connectivity index (χ4v) is 7.72. The molecule has 5 heterocycles. The van der Waals surface area contributed by atoms with Gasteiger partial charge in [0.2, 0.25) is 11.8 Å². The highest BCUT2D eigenvalue weighted by Gasteiger charge is 2.26. The van der Waals surface area contributed by atoms with E-state index in [1.54, 1.807) is 24.5 Å². The zero-order valence-corrected chi connectivity index (χ0v) is 38.8. The molecular weight excluding hydrogens is 817 g/mol. The predicted molar refractivity (Wildman–Crippen MR) is 245 cm³/mol. The summed E-state index contributed by atoms with van der Waals surface area (Å²) in [7, 11) is 3.78. The van der Waals surface area contributed by atoms with Crippen molar-refractivity contribution < 1.29 is 33.6 Å². The summed E-state index contributed by atoms with van der Waals surface area (Å²) in [5.74, 6) is 3.86. The van der Waals surface area contributed by atoms with Crippen LogP contribution in [0, 0.1) is 0 Å². The highest BCUT2D eigenvalue weighted by molar-refractivity contribution is 5.82. The van der Waals surface area contributed by atoms with E-state index >= 15 is 0 Å². The maximum atomic E-state index is 12.5. The molecule has 1 atom stereocenters. The van der Waals surface area contributed by atoms with Crippen LogP contribution in [0.3, 0.4) is 0 Å². The number of anilines is 2. The van der Waals surface area contributed by atoms with Crippen molar-refractivity contribution in [3.05, 3.63) is 59.2 Å². The number of likely N-dealkylation sites (N-methyl/N-ethyl adjacent to an activating group) is 2. The molecule has 17 nitrogen and oxygen atoms in total. The summed E-state index contributed by atoms with van der Waals surface area (Å²) in [6.07, 6.45) is 12.1. The van der Waals surface area contributed by atoms with Crippen molar-refractivity contribution in [3.63, 3.8) is 0 Å². The van der Waals surface area contributed by atoms with E-state index in [0.717, 1.165) is 98.5 Å². The lowest BCUT2D eigenvalue weighted by Crippen LogP contribution is -2.45. The molecule has 1 unspecified atom stereocenters.